The summed E-state index contributed by atoms with van der Waals surface area (Å²) in [5, 5.41) is 2.61. The van der Waals surface area contributed by atoms with Gasteiger partial charge in [0, 0.05) is 26.6 Å². The van der Waals surface area contributed by atoms with Crippen LogP contribution in [-0.4, -0.2) is 50.7 Å². The van der Waals surface area contributed by atoms with Gasteiger partial charge < -0.3 is 15.0 Å². The molecule has 0 radical (unpaired) electrons. The number of rotatable bonds is 3. The zero-order chi connectivity index (χ0) is 11.7. The van der Waals surface area contributed by atoms with E-state index < -0.39 is 0 Å². The summed E-state index contributed by atoms with van der Waals surface area (Å²) >= 11 is 0. The third-order valence-electron chi connectivity index (χ3n) is 2.31. The number of nitrogens with one attached hydrogen (secondary N) is 1. The van der Waals surface area contributed by atoms with Crippen LogP contribution in [0.15, 0.2) is 0 Å². The molecule has 90 valence electrons. The van der Waals surface area contributed by atoms with E-state index in [2.05, 4.69) is 17.3 Å². The number of carbonyl (C=O) groups excluding carboxylic acids is 1. The van der Waals surface area contributed by atoms with Gasteiger partial charge >= 0.3 is 0 Å². The topological polar surface area (TPSA) is 41.6 Å². The average molecular weight is 216 g/mol. The fraction of sp³-hybridized carbons (Fsp3) is 0.909. The summed E-state index contributed by atoms with van der Waals surface area (Å²) in [6.45, 7) is 6.72. The minimum absolute atomic E-state index is 0.0943. The van der Waals surface area contributed by atoms with E-state index >= 15 is 0 Å². The van der Waals surface area contributed by atoms with Crippen molar-refractivity contribution in [1.82, 2.24) is 10.2 Å². The van der Waals surface area contributed by atoms with E-state index in [9.17, 15) is 4.79 Å². The zero-order valence-electron chi connectivity index (χ0n) is 10.4. The standard InChI is InChI=1S/C9H18N2O2.C2H6/c1-10-9(12)4-3-8-7-11(2)5-6-13-8;1-2/h8H,3-7H2,1-2H3,(H,10,12);1-2H3. The zero-order valence-corrected chi connectivity index (χ0v) is 10.4. The molecular weight excluding hydrogens is 192 g/mol. The minimum atomic E-state index is 0.0943. The lowest BCUT2D eigenvalue weighted by atomic mass is 10.1. The van der Waals surface area contributed by atoms with Crippen molar-refractivity contribution in [3.05, 3.63) is 0 Å². The number of ether oxygens (including phenoxy) is 1. The summed E-state index contributed by atoms with van der Waals surface area (Å²) in [5.41, 5.74) is 0. The second kappa shape index (κ2) is 8.68. The Labute approximate surface area is 93.0 Å². The number of hydrogen-bond donors (Lipinski definition) is 1. The number of carbonyl (C=O) groups is 1. The molecule has 4 heteroatoms. The molecule has 1 rings (SSSR count). The van der Waals surface area contributed by atoms with Gasteiger partial charge in [0.1, 0.15) is 0 Å². The first-order chi connectivity index (χ1) is 7.22. The molecular formula is C11H24N2O2. The quantitative estimate of drug-likeness (QED) is 0.761. The lowest BCUT2D eigenvalue weighted by molar-refractivity contribution is -0.121. The first kappa shape index (κ1) is 14.4. The van der Waals surface area contributed by atoms with Crippen molar-refractivity contribution in [2.24, 2.45) is 0 Å². The van der Waals surface area contributed by atoms with E-state index in [-0.39, 0.29) is 12.0 Å². The van der Waals surface area contributed by atoms with E-state index in [1.807, 2.05) is 13.8 Å². The maximum atomic E-state index is 11.0. The van der Waals surface area contributed by atoms with Gasteiger partial charge in [-0.15, -0.1) is 0 Å². The first-order valence-electron chi connectivity index (χ1n) is 5.73. The SMILES string of the molecule is CC.CNC(=O)CCC1CN(C)CCO1. The number of likely N-dealkylation sites (N-methyl/N-ethyl adjacent to an activating group) is 1. The summed E-state index contributed by atoms with van der Waals surface area (Å²) in [7, 11) is 3.74. The number of morpholine rings is 1. The minimum Gasteiger partial charge on any atom is -0.376 e. The fourth-order valence-electron chi connectivity index (χ4n) is 1.46. The molecule has 4 nitrogen and oxygen atoms in total. The largest absolute Gasteiger partial charge is 0.376 e. The predicted octanol–water partition coefficient (Wildman–Crippen LogP) is 0.869. The Bertz CT molecular complexity index is 174. The van der Waals surface area contributed by atoms with Crippen LogP contribution in [0.25, 0.3) is 0 Å². The molecule has 0 aromatic rings. The highest BCUT2D eigenvalue weighted by atomic mass is 16.5. The van der Waals surface area contributed by atoms with Crippen LogP contribution in [0.4, 0.5) is 0 Å². The molecule has 0 aliphatic carbocycles. The second-order valence-electron chi connectivity index (χ2n) is 3.47. The molecule has 1 saturated heterocycles. The third-order valence-corrected chi connectivity index (χ3v) is 2.31. The van der Waals surface area contributed by atoms with Gasteiger partial charge in [0.15, 0.2) is 0 Å². The molecule has 1 atom stereocenters. The molecule has 0 aromatic heterocycles. The molecule has 0 saturated carbocycles. The lowest BCUT2D eigenvalue weighted by Gasteiger charge is -2.29. The smallest absolute Gasteiger partial charge is 0.219 e. The van der Waals surface area contributed by atoms with E-state index in [1.165, 1.54) is 0 Å². The lowest BCUT2D eigenvalue weighted by Crippen LogP contribution is -2.40. The van der Waals surface area contributed by atoms with Gasteiger partial charge in [0.25, 0.3) is 0 Å². The molecule has 15 heavy (non-hydrogen) atoms. The maximum Gasteiger partial charge on any atom is 0.219 e. The molecule has 1 aliphatic rings. The summed E-state index contributed by atoms with van der Waals surface area (Å²) in [5.74, 6) is 0.0943. The van der Waals surface area contributed by atoms with Gasteiger partial charge in [-0.2, -0.15) is 0 Å². The van der Waals surface area contributed by atoms with Gasteiger partial charge in [-0.05, 0) is 13.5 Å². The molecule has 1 fully saturated rings. The summed E-state index contributed by atoms with van der Waals surface area (Å²) in [6, 6.07) is 0. The molecule has 1 unspecified atom stereocenters. The number of nitrogens with zero attached hydrogens (tertiary/aromatic N) is 1. The second-order valence-corrected chi connectivity index (χ2v) is 3.47. The van der Waals surface area contributed by atoms with Crippen LogP contribution in [0.1, 0.15) is 26.7 Å². The molecule has 1 heterocycles. The van der Waals surface area contributed by atoms with Crippen LogP contribution < -0.4 is 5.32 Å². The molecule has 1 N–H and O–H groups in total. The normalized spacial score (nSPS) is 21.5. The molecule has 1 amide bonds. The summed E-state index contributed by atoms with van der Waals surface area (Å²) in [4.78, 5) is 13.2. The Kier molecular flexibility index (Phi) is 8.33. The Hall–Kier alpha value is -0.610. The van der Waals surface area contributed by atoms with Crippen LogP contribution in [0.2, 0.25) is 0 Å². The Morgan fingerprint density at radius 1 is 1.53 bits per heavy atom. The molecule has 1 aliphatic heterocycles. The van der Waals surface area contributed by atoms with Gasteiger partial charge in [0.2, 0.25) is 5.91 Å². The Balaban J connectivity index is 0.000000921. The summed E-state index contributed by atoms with van der Waals surface area (Å²) in [6.07, 6.45) is 1.62. The highest BCUT2D eigenvalue weighted by Gasteiger charge is 2.17. The van der Waals surface area contributed by atoms with Crippen LogP contribution in [0.3, 0.4) is 0 Å². The van der Waals surface area contributed by atoms with Crippen molar-refractivity contribution in [1.29, 1.82) is 0 Å². The van der Waals surface area contributed by atoms with E-state index in [4.69, 9.17) is 4.74 Å². The molecule has 0 aromatic carbocycles. The van der Waals surface area contributed by atoms with E-state index in [1.54, 1.807) is 7.05 Å². The first-order valence-corrected chi connectivity index (χ1v) is 5.73. The van der Waals surface area contributed by atoms with Crippen molar-refractivity contribution in [2.45, 2.75) is 32.8 Å². The van der Waals surface area contributed by atoms with Crippen molar-refractivity contribution in [2.75, 3.05) is 33.8 Å². The molecule has 0 spiro atoms. The number of amides is 1. The van der Waals surface area contributed by atoms with Crippen LogP contribution in [0.5, 0.6) is 0 Å². The highest BCUT2D eigenvalue weighted by molar-refractivity contribution is 5.75. The number of hydrogen-bond acceptors (Lipinski definition) is 3. The van der Waals surface area contributed by atoms with Crippen molar-refractivity contribution >= 4 is 5.91 Å². The van der Waals surface area contributed by atoms with Crippen molar-refractivity contribution in [3.8, 4) is 0 Å². The van der Waals surface area contributed by atoms with Gasteiger partial charge in [-0.25, -0.2) is 0 Å². The van der Waals surface area contributed by atoms with Crippen LogP contribution in [0, 0.1) is 0 Å². The maximum absolute atomic E-state index is 11.0. The third kappa shape index (κ3) is 6.47. The Morgan fingerprint density at radius 3 is 2.73 bits per heavy atom. The predicted molar refractivity (Wildman–Crippen MR) is 61.9 cm³/mol. The van der Waals surface area contributed by atoms with Gasteiger partial charge in [-0.3, -0.25) is 4.79 Å². The Morgan fingerprint density at radius 2 is 2.20 bits per heavy atom. The fourth-order valence-corrected chi connectivity index (χ4v) is 1.46. The molecule has 0 bridgehead atoms. The van der Waals surface area contributed by atoms with Gasteiger partial charge in [0.05, 0.1) is 12.7 Å². The monoisotopic (exact) mass is 216 g/mol. The summed E-state index contributed by atoms with van der Waals surface area (Å²) < 4.78 is 5.52. The van der Waals surface area contributed by atoms with Crippen molar-refractivity contribution < 1.29 is 9.53 Å². The van der Waals surface area contributed by atoms with Gasteiger partial charge in [-0.1, -0.05) is 13.8 Å². The van der Waals surface area contributed by atoms with Crippen molar-refractivity contribution in [3.63, 3.8) is 0 Å². The van der Waals surface area contributed by atoms with Crippen LogP contribution in [-0.2, 0) is 9.53 Å². The van der Waals surface area contributed by atoms with E-state index in [0.29, 0.717) is 6.42 Å². The average Bonchev–Trinajstić information content (AvgIpc) is 2.29. The van der Waals surface area contributed by atoms with E-state index in [0.717, 1.165) is 26.1 Å². The highest BCUT2D eigenvalue weighted by Crippen LogP contribution is 2.08. The van der Waals surface area contributed by atoms with Crippen LogP contribution >= 0.6 is 0 Å².